The third-order valence-corrected chi connectivity index (χ3v) is 3.35. The molecule has 4 nitrogen and oxygen atoms in total. The summed E-state index contributed by atoms with van der Waals surface area (Å²) < 4.78 is 1.01. The predicted molar refractivity (Wildman–Crippen MR) is 75.1 cm³/mol. The maximum absolute atomic E-state index is 11.5. The van der Waals surface area contributed by atoms with Gasteiger partial charge in [-0.3, -0.25) is 10.2 Å². The number of halogens is 1. The number of carbonyl (C=O) groups excluding carboxylic acids is 1. The van der Waals surface area contributed by atoms with E-state index < -0.39 is 0 Å². The first-order valence-corrected chi connectivity index (χ1v) is 6.78. The molecule has 0 saturated heterocycles. The summed E-state index contributed by atoms with van der Waals surface area (Å²) in [6, 6.07) is 7.72. The summed E-state index contributed by atoms with van der Waals surface area (Å²) in [5.74, 6) is 0.0524. The molecule has 4 N–H and O–H groups in total. The molecule has 6 heteroatoms. The van der Waals surface area contributed by atoms with Gasteiger partial charge in [-0.15, -0.1) is 0 Å². The molecule has 1 unspecified atom stereocenters. The van der Waals surface area contributed by atoms with E-state index in [9.17, 15) is 4.79 Å². The van der Waals surface area contributed by atoms with Gasteiger partial charge in [-0.25, -0.2) is 0 Å². The first kappa shape index (κ1) is 14.1. The maximum Gasteiger partial charge on any atom is 0.230 e. The summed E-state index contributed by atoms with van der Waals surface area (Å²) in [6.07, 6.45) is 0. The molecule has 0 radical (unpaired) electrons. The summed E-state index contributed by atoms with van der Waals surface area (Å²) in [4.78, 5) is 11.5. The van der Waals surface area contributed by atoms with E-state index in [0.29, 0.717) is 0 Å². The van der Waals surface area contributed by atoms with Gasteiger partial charge in [-0.1, -0.05) is 39.8 Å². The second-order valence-electron chi connectivity index (χ2n) is 3.49. The molecule has 0 bridgehead atoms. The first-order chi connectivity index (χ1) is 7.99. The Morgan fingerprint density at radius 1 is 1.53 bits per heavy atom. The molecule has 0 aliphatic heterocycles. The Morgan fingerprint density at radius 2 is 2.12 bits per heavy atom. The van der Waals surface area contributed by atoms with Crippen LogP contribution >= 0.6 is 27.7 Å². The lowest BCUT2D eigenvalue weighted by atomic mass is 10.1. The van der Waals surface area contributed by atoms with Crippen molar-refractivity contribution in [2.75, 3.05) is 5.75 Å². The highest BCUT2D eigenvalue weighted by atomic mass is 79.9. The van der Waals surface area contributed by atoms with Crippen molar-refractivity contribution in [2.45, 2.75) is 13.0 Å². The Morgan fingerprint density at radius 3 is 2.65 bits per heavy atom. The highest BCUT2D eigenvalue weighted by Crippen LogP contribution is 2.16. The van der Waals surface area contributed by atoms with Gasteiger partial charge in [-0.2, -0.15) is 0 Å². The van der Waals surface area contributed by atoms with Gasteiger partial charge in [0.2, 0.25) is 5.91 Å². The number of hydrogen-bond donors (Lipinski definition) is 3. The number of thioether (sulfide) groups is 1. The molecule has 0 aliphatic rings. The standard InChI is InChI=1S/C11H14BrN3OS/c1-7(8-2-4-9(12)5-3-8)15-10(16)6-17-11(13)14/h2-5,7H,6H2,1H3,(H3,13,14)(H,15,16). The van der Waals surface area contributed by atoms with Crippen LogP contribution in [0.15, 0.2) is 28.7 Å². The molecule has 1 aromatic carbocycles. The van der Waals surface area contributed by atoms with Crippen LogP contribution in [0.3, 0.4) is 0 Å². The first-order valence-electron chi connectivity index (χ1n) is 5.00. The Hall–Kier alpha value is -1.01. The third-order valence-electron chi connectivity index (χ3n) is 2.11. The van der Waals surface area contributed by atoms with Crippen molar-refractivity contribution in [3.63, 3.8) is 0 Å². The lowest BCUT2D eigenvalue weighted by Crippen LogP contribution is -2.29. The number of nitrogens with one attached hydrogen (secondary N) is 2. The summed E-state index contributed by atoms with van der Waals surface area (Å²) in [5, 5.41) is 9.81. The van der Waals surface area contributed by atoms with Crippen molar-refractivity contribution < 1.29 is 4.79 Å². The fraction of sp³-hybridized carbons (Fsp3) is 0.273. The van der Waals surface area contributed by atoms with Crippen LogP contribution in [0, 0.1) is 5.41 Å². The molecule has 17 heavy (non-hydrogen) atoms. The highest BCUT2D eigenvalue weighted by Gasteiger charge is 2.09. The molecule has 1 aromatic rings. The number of nitrogens with two attached hydrogens (primary N) is 1. The smallest absolute Gasteiger partial charge is 0.230 e. The van der Waals surface area contributed by atoms with Crippen LogP contribution in [-0.2, 0) is 4.79 Å². The lowest BCUT2D eigenvalue weighted by Gasteiger charge is -2.14. The van der Waals surface area contributed by atoms with Gasteiger partial charge >= 0.3 is 0 Å². The summed E-state index contributed by atoms with van der Waals surface area (Å²) in [5.41, 5.74) is 6.20. The predicted octanol–water partition coefficient (Wildman–Crippen LogP) is 2.25. The van der Waals surface area contributed by atoms with E-state index in [0.717, 1.165) is 21.8 Å². The van der Waals surface area contributed by atoms with Crippen LogP contribution < -0.4 is 11.1 Å². The second-order valence-corrected chi connectivity index (χ2v) is 5.43. The number of benzene rings is 1. The molecule has 1 atom stereocenters. The number of hydrogen-bond acceptors (Lipinski definition) is 3. The zero-order valence-corrected chi connectivity index (χ0v) is 11.8. The van der Waals surface area contributed by atoms with Gasteiger partial charge < -0.3 is 11.1 Å². The van der Waals surface area contributed by atoms with E-state index in [4.69, 9.17) is 11.1 Å². The second kappa shape index (κ2) is 6.66. The molecule has 1 amide bonds. The van der Waals surface area contributed by atoms with Crippen molar-refractivity contribution in [3.05, 3.63) is 34.3 Å². The maximum atomic E-state index is 11.5. The van der Waals surface area contributed by atoms with Gasteiger partial charge in [0.05, 0.1) is 11.8 Å². The number of rotatable bonds is 4. The topological polar surface area (TPSA) is 79.0 Å². The fourth-order valence-corrected chi connectivity index (χ4v) is 1.90. The molecule has 1 rings (SSSR count). The summed E-state index contributed by atoms with van der Waals surface area (Å²) in [7, 11) is 0. The average molecular weight is 316 g/mol. The van der Waals surface area contributed by atoms with Crippen molar-refractivity contribution in [2.24, 2.45) is 5.73 Å². The van der Waals surface area contributed by atoms with Crippen LogP contribution in [0.4, 0.5) is 0 Å². The number of carbonyl (C=O) groups is 1. The minimum atomic E-state index is -0.124. The van der Waals surface area contributed by atoms with Gasteiger partial charge in [0.15, 0.2) is 5.17 Å². The Bertz CT molecular complexity index is 408. The van der Waals surface area contributed by atoms with Crippen molar-refractivity contribution in [3.8, 4) is 0 Å². The van der Waals surface area contributed by atoms with E-state index in [1.807, 2.05) is 31.2 Å². The number of amidine groups is 1. The zero-order chi connectivity index (χ0) is 12.8. The SMILES string of the molecule is CC(NC(=O)CSC(=N)N)c1ccc(Br)cc1. The third kappa shape index (κ3) is 5.23. The van der Waals surface area contributed by atoms with Crippen molar-refractivity contribution in [1.82, 2.24) is 5.32 Å². The fourth-order valence-electron chi connectivity index (χ4n) is 1.26. The molecule has 0 saturated carbocycles. The van der Waals surface area contributed by atoms with Crippen LogP contribution in [-0.4, -0.2) is 16.8 Å². The molecule has 0 heterocycles. The minimum absolute atomic E-state index is 0.0450. The Kier molecular flexibility index (Phi) is 5.50. The van der Waals surface area contributed by atoms with E-state index in [1.54, 1.807) is 0 Å². The van der Waals surface area contributed by atoms with Crippen LogP contribution in [0.25, 0.3) is 0 Å². The molecule has 92 valence electrons. The van der Waals surface area contributed by atoms with Crippen molar-refractivity contribution >= 4 is 38.8 Å². The number of amides is 1. The molecule has 0 fully saturated rings. The molecule has 0 aliphatic carbocycles. The van der Waals surface area contributed by atoms with E-state index >= 15 is 0 Å². The Balaban J connectivity index is 2.48. The van der Waals surface area contributed by atoms with Crippen LogP contribution in [0.2, 0.25) is 0 Å². The minimum Gasteiger partial charge on any atom is -0.379 e. The van der Waals surface area contributed by atoms with Crippen LogP contribution in [0.1, 0.15) is 18.5 Å². The highest BCUT2D eigenvalue weighted by molar-refractivity contribution is 9.10. The summed E-state index contributed by atoms with van der Waals surface area (Å²) >= 11 is 4.38. The van der Waals surface area contributed by atoms with Crippen molar-refractivity contribution in [1.29, 1.82) is 5.41 Å². The average Bonchev–Trinajstić information content (AvgIpc) is 2.27. The summed E-state index contributed by atoms with van der Waals surface area (Å²) in [6.45, 7) is 1.92. The molecular weight excluding hydrogens is 302 g/mol. The van der Waals surface area contributed by atoms with Crippen LogP contribution in [0.5, 0.6) is 0 Å². The zero-order valence-electron chi connectivity index (χ0n) is 9.37. The quantitative estimate of drug-likeness (QED) is 0.589. The largest absolute Gasteiger partial charge is 0.379 e. The van der Waals surface area contributed by atoms with Gasteiger partial charge in [0.25, 0.3) is 0 Å². The Labute approximate surface area is 113 Å². The molecular formula is C11H14BrN3OS. The molecule has 0 spiro atoms. The van der Waals surface area contributed by atoms with E-state index in [-0.39, 0.29) is 22.9 Å². The van der Waals surface area contributed by atoms with Gasteiger partial charge in [-0.05, 0) is 24.6 Å². The lowest BCUT2D eigenvalue weighted by molar-refractivity contribution is -0.119. The molecule has 0 aromatic heterocycles. The monoisotopic (exact) mass is 315 g/mol. The van der Waals surface area contributed by atoms with Gasteiger partial charge in [0.1, 0.15) is 0 Å². The van der Waals surface area contributed by atoms with Gasteiger partial charge in [0, 0.05) is 4.47 Å². The van der Waals surface area contributed by atoms with E-state index in [1.165, 1.54) is 0 Å². The normalized spacial score (nSPS) is 11.9. The van der Waals surface area contributed by atoms with E-state index in [2.05, 4.69) is 21.2 Å².